The maximum Gasteiger partial charge on any atom is 0.306 e. The third kappa shape index (κ3) is 53.5. The lowest BCUT2D eigenvalue weighted by Gasteiger charge is -2.18. The van der Waals surface area contributed by atoms with E-state index in [0.29, 0.717) is 12.8 Å². The van der Waals surface area contributed by atoms with Gasteiger partial charge >= 0.3 is 17.9 Å². The molecule has 1 unspecified atom stereocenters. The fraction of sp³-hybridized carbons (Fsp3) is 0.484. The fourth-order valence-corrected chi connectivity index (χ4v) is 6.40. The molecule has 0 spiro atoms. The zero-order valence-corrected chi connectivity index (χ0v) is 43.9. The van der Waals surface area contributed by atoms with E-state index < -0.39 is 6.10 Å². The molecule has 0 bridgehead atoms. The minimum absolute atomic E-state index is 0.131. The molecule has 0 rings (SSSR count). The summed E-state index contributed by atoms with van der Waals surface area (Å²) in [5.41, 5.74) is 0. The van der Waals surface area contributed by atoms with Crippen LogP contribution in [0.15, 0.2) is 182 Å². The number of hydrogen-bond donors (Lipinski definition) is 0. The summed E-state index contributed by atoms with van der Waals surface area (Å²) in [6, 6.07) is 0. The second kappa shape index (κ2) is 56.1. The molecule has 6 nitrogen and oxygen atoms in total. The molecule has 0 aromatic heterocycles. The van der Waals surface area contributed by atoms with E-state index in [2.05, 4.69) is 118 Å². The van der Waals surface area contributed by atoms with Gasteiger partial charge in [0, 0.05) is 19.3 Å². The van der Waals surface area contributed by atoms with Crippen LogP contribution in [-0.4, -0.2) is 37.2 Å². The maximum atomic E-state index is 12.8. The first-order valence-electron chi connectivity index (χ1n) is 26.9. The molecule has 0 amide bonds. The van der Waals surface area contributed by atoms with Crippen molar-refractivity contribution in [1.82, 2.24) is 0 Å². The highest BCUT2D eigenvalue weighted by atomic mass is 16.6. The van der Waals surface area contributed by atoms with Crippen molar-refractivity contribution in [3.8, 4) is 0 Å². The van der Waals surface area contributed by atoms with Gasteiger partial charge in [-0.2, -0.15) is 0 Å². The van der Waals surface area contributed by atoms with Crippen LogP contribution in [0.4, 0.5) is 0 Å². The molecule has 0 aromatic rings. The molecule has 70 heavy (non-hydrogen) atoms. The van der Waals surface area contributed by atoms with Gasteiger partial charge in [0.25, 0.3) is 0 Å². The first-order chi connectivity index (χ1) is 34.5. The van der Waals surface area contributed by atoms with Crippen LogP contribution in [0.2, 0.25) is 0 Å². The molecule has 0 aromatic carbocycles. The van der Waals surface area contributed by atoms with Gasteiger partial charge in [0.2, 0.25) is 0 Å². The monoisotopic (exact) mass is 959 g/mol. The summed E-state index contributed by atoms with van der Waals surface area (Å²) in [6.45, 7) is 6.17. The molecule has 0 saturated heterocycles. The second-order valence-electron chi connectivity index (χ2n) is 16.9. The SMILES string of the molecule is CC\C=C/C=C\C=C/C=C\C=C/CCCCCC(=O)OCC(COC(=O)CCCCC/C=C\C/C=C\C/C=C\C/C=C\C/C=C\CC)OC(=O)CCCCCCC\C=C/C=C\C=C/C=C\C=C/CCC. The molecule has 0 saturated carbocycles. The van der Waals surface area contributed by atoms with Gasteiger partial charge in [-0.15, -0.1) is 0 Å². The third-order valence-electron chi connectivity index (χ3n) is 10.4. The summed E-state index contributed by atoms with van der Waals surface area (Å²) >= 11 is 0. The molecule has 1 atom stereocenters. The van der Waals surface area contributed by atoms with Crippen molar-refractivity contribution in [2.75, 3.05) is 13.2 Å². The van der Waals surface area contributed by atoms with Crippen LogP contribution >= 0.6 is 0 Å². The largest absolute Gasteiger partial charge is 0.462 e. The molecule has 0 aliphatic carbocycles. The van der Waals surface area contributed by atoms with Gasteiger partial charge < -0.3 is 14.2 Å². The minimum Gasteiger partial charge on any atom is -0.462 e. The van der Waals surface area contributed by atoms with Gasteiger partial charge in [0.05, 0.1) is 0 Å². The molecule has 6 heteroatoms. The number of carbonyl (C=O) groups excluding carboxylic acids is 3. The van der Waals surface area contributed by atoms with Crippen LogP contribution < -0.4 is 0 Å². The molecule has 0 aliphatic heterocycles. The highest BCUT2D eigenvalue weighted by Gasteiger charge is 2.19. The van der Waals surface area contributed by atoms with Crippen molar-refractivity contribution in [3.05, 3.63) is 182 Å². The zero-order valence-electron chi connectivity index (χ0n) is 43.9. The number of unbranched alkanes of at least 4 members (excludes halogenated alkanes) is 12. The van der Waals surface area contributed by atoms with Gasteiger partial charge in [0.1, 0.15) is 13.2 Å². The molecule has 0 N–H and O–H groups in total. The Hall–Kier alpha value is -5.49. The van der Waals surface area contributed by atoms with Crippen molar-refractivity contribution in [1.29, 1.82) is 0 Å². The van der Waals surface area contributed by atoms with E-state index >= 15 is 0 Å². The standard InChI is InChI=1S/C64H94O6/c1-4-7-10-13-16-19-22-25-28-30-32-34-36-39-42-45-48-51-54-57-63(66)69-60-61(59-68-62(65)56-53-50-47-44-41-38-35-27-24-21-18-15-12-9-6-3)70-64(67)58-55-52-49-46-43-40-37-33-31-29-26-23-20-17-14-11-8-5-2/h7,9-12,14-21,23-29,31-35,37-39,41-42,61H,4-6,8,13,22,30,36,40,43-60H2,1-3H3/b10-7-,12-9-,14-11-,18-15-,19-16-,20-17-,24-21-,26-23-,28-25-,31-29-,34-32-,35-27-,37-33-,41-38-,42-39-. The predicted octanol–water partition coefficient (Wildman–Crippen LogP) is 18.1. The lowest BCUT2D eigenvalue weighted by Crippen LogP contribution is -2.30. The summed E-state index contributed by atoms with van der Waals surface area (Å²) in [6.07, 6.45) is 84.4. The number of rotatable bonds is 45. The van der Waals surface area contributed by atoms with Crippen molar-refractivity contribution >= 4 is 17.9 Å². The van der Waals surface area contributed by atoms with E-state index in [1.54, 1.807) is 0 Å². The Kier molecular flexibility index (Phi) is 51.7. The van der Waals surface area contributed by atoms with Gasteiger partial charge in [-0.3, -0.25) is 14.4 Å². The van der Waals surface area contributed by atoms with E-state index in [1.165, 1.54) is 6.42 Å². The average Bonchev–Trinajstić information content (AvgIpc) is 3.36. The smallest absolute Gasteiger partial charge is 0.306 e. The molecular formula is C64H94O6. The van der Waals surface area contributed by atoms with Crippen molar-refractivity contribution in [3.63, 3.8) is 0 Å². The van der Waals surface area contributed by atoms with E-state index in [4.69, 9.17) is 14.2 Å². The van der Waals surface area contributed by atoms with Crippen molar-refractivity contribution in [2.24, 2.45) is 0 Å². The highest BCUT2D eigenvalue weighted by Crippen LogP contribution is 2.12. The number of ether oxygens (including phenoxy) is 3. The Morgan fingerprint density at radius 1 is 0.314 bits per heavy atom. The van der Waals surface area contributed by atoms with Gasteiger partial charge in [-0.1, -0.05) is 242 Å². The molecule has 0 heterocycles. The van der Waals surface area contributed by atoms with Crippen LogP contribution in [0.3, 0.4) is 0 Å². The average molecular weight is 959 g/mol. The molecule has 0 radical (unpaired) electrons. The maximum absolute atomic E-state index is 12.8. The van der Waals surface area contributed by atoms with Crippen molar-refractivity contribution in [2.45, 2.75) is 187 Å². The van der Waals surface area contributed by atoms with Crippen molar-refractivity contribution < 1.29 is 28.6 Å². The summed E-state index contributed by atoms with van der Waals surface area (Å²) in [4.78, 5) is 38.1. The van der Waals surface area contributed by atoms with Gasteiger partial charge in [0.15, 0.2) is 6.10 Å². The summed E-state index contributed by atoms with van der Waals surface area (Å²) in [5, 5.41) is 0. The second-order valence-corrected chi connectivity index (χ2v) is 16.9. The van der Waals surface area contributed by atoms with Crippen LogP contribution in [0.1, 0.15) is 181 Å². The highest BCUT2D eigenvalue weighted by molar-refractivity contribution is 5.71. The van der Waals surface area contributed by atoms with Gasteiger partial charge in [-0.25, -0.2) is 0 Å². The van der Waals surface area contributed by atoms with Crippen LogP contribution in [0.25, 0.3) is 0 Å². The summed E-state index contributed by atoms with van der Waals surface area (Å²) < 4.78 is 16.7. The lowest BCUT2D eigenvalue weighted by molar-refractivity contribution is -0.167. The Bertz CT molecular complexity index is 1720. The third-order valence-corrected chi connectivity index (χ3v) is 10.4. The number of allylic oxidation sites excluding steroid dienone is 30. The predicted molar refractivity (Wildman–Crippen MR) is 301 cm³/mol. The molecule has 0 aliphatic rings. The normalized spacial score (nSPS) is 13.6. The quantitative estimate of drug-likeness (QED) is 0.0199. The van der Waals surface area contributed by atoms with Crippen LogP contribution in [-0.2, 0) is 28.6 Å². The first-order valence-corrected chi connectivity index (χ1v) is 26.9. The fourth-order valence-electron chi connectivity index (χ4n) is 6.40. The first kappa shape index (κ1) is 64.5. The zero-order chi connectivity index (χ0) is 50.7. The number of carbonyl (C=O) groups is 3. The van der Waals surface area contributed by atoms with E-state index in [9.17, 15) is 14.4 Å². The molecule has 0 fully saturated rings. The summed E-state index contributed by atoms with van der Waals surface area (Å²) in [7, 11) is 0. The Balaban J connectivity index is 4.63. The van der Waals surface area contributed by atoms with Crippen LogP contribution in [0, 0.1) is 0 Å². The minimum atomic E-state index is -0.835. The van der Waals surface area contributed by atoms with Crippen LogP contribution in [0.5, 0.6) is 0 Å². The number of esters is 3. The number of hydrogen-bond acceptors (Lipinski definition) is 6. The lowest BCUT2D eigenvalue weighted by atomic mass is 10.1. The summed E-state index contributed by atoms with van der Waals surface area (Å²) in [5.74, 6) is -1.04. The van der Waals surface area contributed by atoms with E-state index in [-0.39, 0.29) is 44.0 Å². The Morgan fingerprint density at radius 3 is 1.06 bits per heavy atom. The van der Waals surface area contributed by atoms with E-state index in [0.717, 1.165) is 128 Å². The Morgan fingerprint density at radius 2 is 0.629 bits per heavy atom. The molecule has 386 valence electrons. The topological polar surface area (TPSA) is 78.9 Å². The van der Waals surface area contributed by atoms with Gasteiger partial charge in [-0.05, 0) is 103 Å². The molecular weight excluding hydrogens is 865 g/mol. The van der Waals surface area contributed by atoms with E-state index in [1.807, 2.05) is 85.1 Å². The Labute approximate surface area is 427 Å².